The van der Waals surface area contributed by atoms with E-state index in [1.165, 1.54) is 7.11 Å². The summed E-state index contributed by atoms with van der Waals surface area (Å²) in [5.74, 6) is -0.422. The van der Waals surface area contributed by atoms with Crippen LogP contribution in [0.4, 0.5) is 10.5 Å². The highest BCUT2D eigenvalue weighted by atomic mass is 79.9. The summed E-state index contributed by atoms with van der Waals surface area (Å²) in [7, 11) is 1.38. The molecule has 2 aromatic carbocycles. The third-order valence-corrected chi connectivity index (χ3v) is 8.10. The Balaban J connectivity index is 1.47. The Bertz CT molecular complexity index is 1160. The van der Waals surface area contributed by atoms with Gasteiger partial charge < -0.3 is 19.9 Å². The van der Waals surface area contributed by atoms with E-state index in [2.05, 4.69) is 37.2 Å². The summed E-state index contributed by atoms with van der Waals surface area (Å²) in [5, 5.41) is 2.96. The Hall–Kier alpha value is -2.39. The first-order chi connectivity index (χ1) is 17.1. The second-order valence-electron chi connectivity index (χ2n) is 9.77. The van der Waals surface area contributed by atoms with E-state index in [1.807, 2.05) is 50.2 Å². The van der Waals surface area contributed by atoms with Crippen molar-refractivity contribution in [3.63, 3.8) is 0 Å². The minimum atomic E-state index is -0.818. The second kappa shape index (κ2) is 10.9. The van der Waals surface area contributed by atoms with E-state index >= 15 is 0 Å². The summed E-state index contributed by atoms with van der Waals surface area (Å²) in [4.78, 5) is 43.0. The van der Waals surface area contributed by atoms with Crippen LogP contribution in [-0.4, -0.2) is 55.6 Å². The molecule has 2 aromatic rings. The van der Waals surface area contributed by atoms with Gasteiger partial charge >= 0.3 is 12.0 Å². The van der Waals surface area contributed by atoms with E-state index in [-0.39, 0.29) is 24.5 Å². The monoisotopic (exact) mass is 619 g/mol. The fourth-order valence-electron chi connectivity index (χ4n) is 5.48. The third kappa shape index (κ3) is 5.47. The number of urea groups is 1. The number of nitrogens with one attached hydrogen (secondary N) is 1. The van der Waals surface area contributed by atoms with E-state index in [1.54, 1.807) is 9.80 Å². The molecule has 2 atom stereocenters. The molecule has 0 spiro atoms. The van der Waals surface area contributed by atoms with Crippen molar-refractivity contribution in [2.45, 2.75) is 45.6 Å². The van der Waals surface area contributed by atoms with Crippen molar-refractivity contribution in [1.82, 2.24) is 10.2 Å². The molecule has 0 saturated carbocycles. The first-order valence-electron chi connectivity index (χ1n) is 12.1. The summed E-state index contributed by atoms with van der Waals surface area (Å²) in [6, 6.07) is 10.9. The predicted molar refractivity (Wildman–Crippen MR) is 146 cm³/mol. The summed E-state index contributed by atoms with van der Waals surface area (Å²) >= 11 is 7.00. The van der Waals surface area contributed by atoms with Crippen LogP contribution in [0, 0.1) is 19.3 Å². The van der Waals surface area contributed by atoms with Crippen LogP contribution < -0.4 is 10.2 Å². The van der Waals surface area contributed by atoms with Crippen molar-refractivity contribution >= 4 is 55.5 Å². The van der Waals surface area contributed by atoms with Crippen LogP contribution in [0.2, 0.25) is 0 Å². The van der Waals surface area contributed by atoms with E-state index in [0.717, 1.165) is 37.7 Å². The molecule has 192 valence electrons. The zero-order valence-electron chi connectivity index (χ0n) is 20.8. The van der Waals surface area contributed by atoms with E-state index in [9.17, 15) is 14.4 Å². The van der Waals surface area contributed by atoms with Crippen LogP contribution in [-0.2, 0) is 20.7 Å². The highest BCUT2D eigenvalue weighted by Crippen LogP contribution is 2.36. The maximum atomic E-state index is 13.4. The minimum Gasteiger partial charge on any atom is -0.469 e. The van der Waals surface area contributed by atoms with Gasteiger partial charge in [-0.05, 0) is 80.5 Å². The number of halogens is 2. The molecule has 0 radical (unpaired) electrons. The molecule has 1 N–H and O–H groups in total. The Labute approximate surface area is 228 Å². The fraction of sp³-hybridized carbons (Fsp3) is 0.444. The number of rotatable bonds is 5. The lowest BCUT2D eigenvalue weighted by molar-refractivity contribution is -0.151. The van der Waals surface area contributed by atoms with Crippen molar-refractivity contribution in [2.24, 2.45) is 5.41 Å². The van der Waals surface area contributed by atoms with Crippen LogP contribution in [0.15, 0.2) is 45.3 Å². The Morgan fingerprint density at radius 1 is 1.11 bits per heavy atom. The SMILES string of the molecule is COC(=O)C1(Cc2cccc(Br)c2)CCN(C(=O)NC2CCCN(c3c(C)cc(Br)cc3C)C2=O)C1. The van der Waals surface area contributed by atoms with Gasteiger partial charge in [-0.1, -0.05) is 44.0 Å². The third-order valence-electron chi connectivity index (χ3n) is 7.15. The number of carbonyl (C=O) groups is 3. The van der Waals surface area contributed by atoms with E-state index in [4.69, 9.17) is 4.74 Å². The van der Waals surface area contributed by atoms with Gasteiger partial charge in [-0.3, -0.25) is 9.59 Å². The van der Waals surface area contributed by atoms with Gasteiger partial charge in [0.25, 0.3) is 0 Å². The maximum Gasteiger partial charge on any atom is 0.318 e. The van der Waals surface area contributed by atoms with Crippen molar-refractivity contribution in [3.05, 3.63) is 62.0 Å². The molecule has 36 heavy (non-hydrogen) atoms. The number of esters is 1. The molecule has 2 heterocycles. The number of hydrogen-bond acceptors (Lipinski definition) is 4. The number of hydrogen-bond donors (Lipinski definition) is 1. The smallest absolute Gasteiger partial charge is 0.318 e. The average molecular weight is 621 g/mol. The van der Waals surface area contributed by atoms with Crippen LogP contribution >= 0.6 is 31.9 Å². The number of amides is 3. The number of anilines is 1. The van der Waals surface area contributed by atoms with Gasteiger partial charge in [0, 0.05) is 34.3 Å². The Morgan fingerprint density at radius 3 is 2.50 bits per heavy atom. The Morgan fingerprint density at radius 2 is 1.83 bits per heavy atom. The average Bonchev–Trinajstić information content (AvgIpc) is 3.25. The molecule has 2 saturated heterocycles. The predicted octanol–water partition coefficient (Wildman–Crippen LogP) is 5.14. The number of nitrogens with zero attached hydrogens (tertiary/aromatic N) is 2. The molecule has 4 rings (SSSR count). The number of benzene rings is 2. The van der Waals surface area contributed by atoms with Gasteiger partial charge in [-0.2, -0.15) is 0 Å². The summed E-state index contributed by atoms with van der Waals surface area (Å²) in [6.45, 7) is 5.27. The van der Waals surface area contributed by atoms with E-state index in [0.29, 0.717) is 32.4 Å². The lowest BCUT2D eigenvalue weighted by Crippen LogP contribution is -2.55. The molecule has 3 amide bonds. The van der Waals surface area contributed by atoms with Gasteiger partial charge in [-0.25, -0.2) is 4.79 Å². The summed E-state index contributed by atoms with van der Waals surface area (Å²) in [6.07, 6.45) is 2.35. The zero-order valence-corrected chi connectivity index (χ0v) is 23.9. The molecule has 2 aliphatic heterocycles. The first kappa shape index (κ1) is 26.7. The van der Waals surface area contributed by atoms with Crippen molar-refractivity contribution in [1.29, 1.82) is 0 Å². The number of carbonyl (C=O) groups excluding carboxylic acids is 3. The zero-order chi connectivity index (χ0) is 26.0. The highest BCUT2D eigenvalue weighted by molar-refractivity contribution is 9.10. The molecular weight excluding hydrogens is 590 g/mol. The summed E-state index contributed by atoms with van der Waals surface area (Å²) < 4.78 is 7.06. The van der Waals surface area contributed by atoms with Crippen LogP contribution in [0.25, 0.3) is 0 Å². The van der Waals surface area contributed by atoms with Crippen LogP contribution in [0.5, 0.6) is 0 Å². The lowest BCUT2D eigenvalue weighted by atomic mass is 9.81. The van der Waals surface area contributed by atoms with Crippen LogP contribution in [0.1, 0.15) is 36.0 Å². The van der Waals surface area contributed by atoms with Gasteiger partial charge in [0.15, 0.2) is 0 Å². The molecule has 2 unspecified atom stereocenters. The maximum absolute atomic E-state index is 13.4. The second-order valence-corrected chi connectivity index (χ2v) is 11.6. The van der Waals surface area contributed by atoms with E-state index < -0.39 is 11.5 Å². The molecule has 0 aliphatic carbocycles. The van der Waals surface area contributed by atoms with Gasteiger partial charge in [0.05, 0.1) is 12.5 Å². The minimum absolute atomic E-state index is 0.101. The van der Waals surface area contributed by atoms with Gasteiger partial charge in [-0.15, -0.1) is 0 Å². The number of piperidine rings is 1. The lowest BCUT2D eigenvalue weighted by Gasteiger charge is -2.35. The number of likely N-dealkylation sites (tertiary alicyclic amines) is 1. The highest BCUT2D eigenvalue weighted by Gasteiger charge is 2.47. The Kier molecular flexibility index (Phi) is 8.09. The molecule has 0 bridgehead atoms. The summed E-state index contributed by atoms with van der Waals surface area (Å²) in [5.41, 5.74) is 3.10. The molecule has 7 nitrogen and oxygen atoms in total. The quantitative estimate of drug-likeness (QED) is 0.470. The first-order valence-corrected chi connectivity index (χ1v) is 13.7. The number of aryl methyl sites for hydroxylation is 2. The molecule has 0 aromatic heterocycles. The van der Waals surface area contributed by atoms with Crippen LogP contribution in [0.3, 0.4) is 0 Å². The number of methoxy groups -OCH3 is 1. The van der Waals surface area contributed by atoms with Crippen molar-refractivity contribution < 1.29 is 19.1 Å². The molecular formula is C27H31Br2N3O4. The fourth-order valence-corrected chi connectivity index (χ4v) is 6.62. The van der Waals surface area contributed by atoms with Crippen molar-refractivity contribution in [3.8, 4) is 0 Å². The molecule has 2 aliphatic rings. The topological polar surface area (TPSA) is 79.0 Å². The largest absolute Gasteiger partial charge is 0.469 e. The standard InChI is InChI=1S/C27H31Br2N3O4/c1-17-12-21(29)13-18(2)23(17)32-10-5-8-22(24(32)33)30-26(35)31-11-9-27(16-31,25(34)36-3)15-19-6-4-7-20(28)14-19/h4,6-7,12-14,22H,5,8-11,15-16H2,1-3H3,(H,30,35). The molecule has 2 fully saturated rings. The van der Waals surface area contributed by atoms with Crippen molar-refractivity contribution in [2.75, 3.05) is 31.6 Å². The van der Waals surface area contributed by atoms with Gasteiger partial charge in [0.2, 0.25) is 5.91 Å². The van der Waals surface area contributed by atoms with Gasteiger partial charge in [0.1, 0.15) is 6.04 Å². The normalized spacial score (nSPS) is 22.0. The number of ether oxygens (including phenoxy) is 1. The molecule has 9 heteroatoms.